The average Bonchev–Trinajstić information content (AvgIpc) is 2.27. The second kappa shape index (κ2) is 5.40. The van der Waals surface area contributed by atoms with Gasteiger partial charge in [0.15, 0.2) is 4.90 Å². The summed E-state index contributed by atoms with van der Waals surface area (Å²) in [6.45, 7) is 0.833. The SMILES string of the molecule is Nc1cc(F)c(S(=O)(=O)NC2CCOCC2)c(F)c1. The molecule has 0 bridgehead atoms. The van der Waals surface area contributed by atoms with Crippen molar-refractivity contribution in [2.75, 3.05) is 18.9 Å². The molecule has 19 heavy (non-hydrogen) atoms. The fraction of sp³-hybridized carbons (Fsp3) is 0.455. The van der Waals surface area contributed by atoms with E-state index in [9.17, 15) is 17.2 Å². The Morgan fingerprint density at radius 3 is 2.26 bits per heavy atom. The Bertz CT molecular complexity index is 548. The van der Waals surface area contributed by atoms with Crippen molar-refractivity contribution in [2.45, 2.75) is 23.8 Å². The van der Waals surface area contributed by atoms with E-state index in [0.717, 1.165) is 12.1 Å². The van der Waals surface area contributed by atoms with Crippen LogP contribution in [0.4, 0.5) is 14.5 Å². The lowest BCUT2D eigenvalue weighted by Gasteiger charge is -2.23. The second-order valence-corrected chi connectivity index (χ2v) is 5.97. The van der Waals surface area contributed by atoms with Gasteiger partial charge in [-0.15, -0.1) is 0 Å². The van der Waals surface area contributed by atoms with Gasteiger partial charge in [0.25, 0.3) is 0 Å². The van der Waals surface area contributed by atoms with Crippen LogP contribution in [0.25, 0.3) is 0 Å². The minimum atomic E-state index is -4.25. The Hall–Kier alpha value is -1.25. The van der Waals surface area contributed by atoms with Gasteiger partial charge in [0.1, 0.15) is 11.6 Å². The number of nitrogens with two attached hydrogens (primary N) is 1. The van der Waals surface area contributed by atoms with Crippen LogP contribution in [0.15, 0.2) is 17.0 Å². The number of sulfonamides is 1. The summed E-state index contributed by atoms with van der Waals surface area (Å²) in [6, 6.07) is 1.18. The van der Waals surface area contributed by atoms with Gasteiger partial charge in [0, 0.05) is 24.9 Å². The zero-order chi connectivity index (χ0) is 14.0. The first kappa shape index (κ1) is 14.2. The molecule has 0 aliphatic carbocycles. The van der Waals surface area contributed by atoms with Crippen LogP contribution in [0.2, 0.25) is 0 Å². The third-order valence-electron chi connectivity index (χ3n) is 2.83. The first-order chi connectivity index (χ1) is 8.90. The normalized spacial score (nSPS) is 17.6. The number of ether oxygens (including phenoxy) is 1. The molecule has 1 aromatic rings. The Balaban J connectivity index is 2.29. The molecule has 0 atom stereocenters. The zero-order valence-corrected chi connectivity index (χ0v) is 10.8. The Kier molecular flexibility index (Phi) is 4.02. The zero-order valence-electron chi connectivity index (χ0n) is 10.0. The number of benzene rings is 1. The van der Waals surface area contributed by atoms with Gasteiger partial charge in [0.2, 0.25) is 10.0 Å². The van der Waals surface area contributed by atoms with Gasteiger partial charge in [-0.1, -0.05) is 0 Å². The molecule has 1 aliphatic rings. The van der Waals surface area contributed by atoms with Crippen molar-refractivity contribution < 1.29 is 21.9 Å². The van der Waals surface area contributed by atoms with Crippen LogP contribution in [0.5, 0.6) is 0 Å². The van der Waals surface area contributed by atoms with Gasteiger partial charge < -0.3 is 10.5 Å². The average molecular weight is 292 g/mol. The lowest BCUT2D eigenvalue weighted by molar-refractivity contribution is 0.0832. The highest BCUT2D eigenvalue weighted by atomic mass is 32.2. The van der Waals surface area contributed by atoms with E-state index in [0.29, 0.717) is 26.1 Å². The van der Waals surface area contributed by atoms with Gasteiger partial charge in [-0.05, 0) is 25.0 Å². The van der Waals surface area contributed by atoms with Crippen molar-refractivity contribution in [3.05, 3.63) is 23.8 Å². The van der Waals surface area contributed by atoms with Gasteiger partial charge in [0.05, 0.1) is 0 Å². The molecule has 1 aliphatic heterocycles. The van der Waals surface area contributed by atoms with Gasteiger partial charge in [-0.2, -0.15) is 0 Å². The van der Waals surface area contributed by atoms with Crippen LogP contribution in [0.3, 0.4) is 0 Å². The van der Waals surface area contributed by atoms with E-state index in [1.807, 2.05) is 0 Å². The van der Waals surface area contributed by atoms with E-state index in [1.54, 1.807) is 0 Å². The highest BCUT2D eigenvalue weighted by Gasteiger charge is 2.28. The Morgan fingerprint density at radius 2 is 1.74 bits per heavy atom. The molecule has 2 rings (SSSR count). The summed E-state index contributed by atoms with van der Waals surface area (Å²) in [5.74, 6) is -2.39. The fourth-order valence-corrected chi connectivity index (χ4v) is 3.35. The van der Waals surface area contributed by atoms with E-state index < -0.39 is 26.6 Å². The molecule has 1 aromatic carbocycles. The molecule has 5 nitrogen and oxygen atoms in total. The minimum Gasteiger partial charge on any atom is -0.399 e. The van der Waals surface area contributed by atoms with E-state index in [-0.39, 0.29) is 11.7 Å². The van der Waals surface area contributed by atoms with Crippen molar-refractivity contribution in [3.8, 4) is 0 Å². The molecule has 0 radical (unpaired) electrons. The Labute approximate surface area is 109 Å². The molecular formula is C11H14F2N2O3S. The predicted molar refractivity (Wildman–Crippen MR) is 64.9 cm³/mol. The molecule has 3 N–H and O–H groups in total. The number of hydrogen-bond donors (Lipinski definition) is 2. The summed E-state index contributed by atoms with van der Waals surface area (Å²) in [4.78, 5) is -0.992. The van der Waals surface area contributed by atoms with Crippen molar-refractivity contribution in [2.24, 2.45) is 0 Å². The van der Waals surface area contributed by atoms with E-state index in [4.69, 9.17) is 10.5 Å². The maximum Gasteiger partial charge on any atom is 0.246 e. The smallest absolute Gasteiger partial charge is 0.246 e. The van der Waals surface area contributed by atoms with E-state index >= 15 is 0 Å². The molecule has 106 valence electrons. The number of hydrogen-bond acceptors (Lipinski definition) is 4. The van der Waals surface area contributed by atoms with Crippen molar-refractivity contribution in [3.63, 3.8) is 0 Å². The highest BCUT2D eigenvalue weighted by molar-refractivity contribution is 7.89. The van der Waals surface area contributed by atoms with Crippen molar-refractivity contribution in [1.82, 2.24) is 4.72 Å². The number of halogens is 2. The van der Waals surface area contributed by atoms with Crippen LogP contribution in [-0.2, 0) is 14.8 Å². The maximum atomic E-state index is 13.6. The van der Waals surface area contributed by atoms with Crippen molar-refractivity contribution >= 4 is 15.7 Å². The monoisotopic (exact) mass is 292 g/mol. The number of nitrogen functional groups attached to an aromatic ring is 1. The van der Waals surface area contributed by atoms with Crippen LogP contribution >= 0.6 is 0 Å². The van der Waals surface area contributed by atoms with E-state index in [2.05, 4.69) is 4.72 Å². The third-order valence-corrected chi connectivity index (χ3v) is 4.40. The maximum absolute atomic E-state index is 13.6. The topological polar surface area (TPSA) is 81.4 Å². The first-order valence-electron chi connectivity index (χ1n) is 5.75. The van der Waals surface area contributed by atoms with Crippen LogP contribution in [0.1, 0.15) is 12.8 Å². The van der Waals surface area contributed by atoms with Gasteiger partial charge >= 0.3 is 0 Å². The summed E-state index contributed by atoms with van der Waals surface area (Å²) in [7, 11) is -4.25. The molecule has 1 fully saturated rings. The summed E-state index contributed by atoms with van der Waals surface area (Å²) < 4.78 is 58.5. The van der Waals surface area contributed by atoms with Crippen molar-refractivity contribution in [1.29, 1.82) is 0 Å². The first-order valence-corrected chi connectivity index (χ1v) is 7.23. The second-order valence-electron chi connectivity index (χ2n) is 4.32. The summed E-state index contributed by atoms with van der Waals surface area (Å²) in [6.07, 6.45) is 0.939. The summed E-state index contributed by atoms with van der Waals surface area (Å²) in [5.41, 5.74) is 5.08. The predicted octanol–water partition coefficient (Wildman–Crippen LogP) is 1.00. The van der Waals surface area contributed by atoms with Gasteiger partial charge in [-0.25, -0.2) is 21.9 Å². The van der Waals surface area contributed by atoms with Crippen LogP contribution < -0.4 is 10.5 Å². The summed E-state index contributed by atoms with van der Waals surface area (Å²) in [5, 5.41) is 0. The molecule has 1 heterocycles. The molecule has 0 amide bonds. The highest BCUT2D eigenvalue weighted by Crippen LogP contribution is 2.22. The molecule has 0 saturated carbocycles. The summed E-state index contributed by atoms with van der Waals surface area (Å²) >= 11 is 0. The minimum absolute atomic E-state index is 0.167. The number of anilines is 1. The molecule has 8 heteroatoms. The standard InChI is InChI=1S/C11H14F2N2O3S/c12-9-5-7(14)6-10(13)11(9)19(16,17)15-8-1-3-18-4-2-8/h5-6,8,15H,1-4,14H2. The number of nitrogens with one attached hydrogen (secondary N) is 1. The lowest BCUT2D eigenvalue weighted by atomic mass is 10.1. The van der Waals surface area contributed by atoms with Gasteiger partial charge in [-0.3, -0.25) is 0 Å². The third kappa shape index (κ3) is 3.20. The number of rotatable bonds is 3. The molecule has 0 unspecified atom stereocenters. The lowest BCUT2D eigenvalue weighted by Crippen LogP contribution is -2.39. The van der Waals surface area contributed by atoms with E-state index in [1.165, 1.54) is 0 Å². The molecule has 0 spiro atoms. The molecule has 1 saturated heterocycles. The van der Waals surface area contributed by atoms with Crippen LogP contribution in [-0.4, -0.2) is 27.7 Å². The quantitative estimate of drug-likeness (QED) is 0.815. The fourth-order valence-electron chi connectivity index (χ4n) is 1.93. The largest absolute Gasteiger partial charge is 0.399 e. The Morgan fingerprint density at radius 1 is 1.21 bits per heavy atom. The molecular weight excluding hydrogens is 278 g/mol. The van der Waals surface area contributed by atoms with Crippen LogP contribution in [0, 0.1) is 11.6 Å². The molecule has 0 aromatic heterocycles.